The maximum atomic E-state index is 3.63. The highest BCUT2D eigenvalue weighted by Crippen LogP contribution is 2.24. The second kappa shape index (κ2) is 2.70. The van der Waals surface area contributed by atoms with E-state index in [1.165, 1.54) is 5.39 Å². The molecule has 0 saturated heterocycles. The first-order valence-corrected chi connectivity index (χ1v) is 4.30. The molecule has 1 radical (unpaired) electrons. The average molecular weight is 183 g/mol. The van der Waals surface area contributed by atoms with Gasteiger partial charge >= 0.3 is 0 Å². The third-order valence-corrected chi connectivity index (χ3v) is 2.23. The van der Waals surface area contributed by atoms with Gasteiger partial charge in [0.25, 0.3) is 0 Å². The Kier molecular flexibility index (Phi) is 1.41. The SMILES string of the molecule is [c]1nn[nH]c1-c1[nH]cc2ccccc12. The van der Waals surface area contributed by atoms with E-state index in [0.29, 0.717) is 0 Å². The van der Waals surface area contributed by atoms with Crippen molar-refractivity contribution in [2.24, 2.45) is 0 Å². The van der Waals surface area contributed by atoms with Crippen LogP contribution >= 0.6 is 0 Å². The smallest absolute Gasteiger partial charge is 0.144 e. The molecule has 0 saturated carbocycles. The van der Waals surface area contributed by atoms with Crippen LogP contribution in [0.25, 0.3) is 22.2 Å². The van der Waals surface area contributed by atoms with E-state index in [2.05, 4.69) is 38.7 Å². The van der Waals surface area contributed by atoms with Crippen LogP contribution in [0.5, 0.6) is 0 Å². The van der Waals surface area contributed by atoms with Crippen LogP contribution in [-0.4, -0.2) is 20.4 Å². The van der Waals surface area contributed by atoms with Crippen molar-refractivity contribution < 1.29 is 0 Å². The molecular formula is C10H7N4. The number of aromatic nitrogens is 4. The van der Waals surface area contributed by atoms with Crippen LogP contribution in [0.4, 0.5) is 0 Å². The summed E-state index contributed by atoms with van der Waals surface area (Å²) < 4.78 is 0. The highest BCUT2D eigenvalue weighted by Gasteiger charge is 2.06. The van der Waals surface area contributed by atoms with Gasteiger partial charge in [0.05, 0.1) is 5.69 Å². The minimum atomic E-state index is 0.784. The number of hydrogen-bond donors (Lipinski definition) is 2. The lowest BCUT2D eigenvalue weighted by Gasteiger charge is -1.92. The number of nitrogens with one attached hydrogen (secondary N) is 2. The lowest BCUT2D eigenvalue weighted by molar-refractivity contribution is 0.939. The molecule has 0 amide bonds. The minimum Gasteiger partial charge on any atom is -0.359 e. The normalized spacial score (nSPS) is 10.9. The molecule has 0 atom stereocenters. The average Bonchev–Trinajstić information content (AvgIpc) is 2.85. The van der Waals surface area contributed by atoms with Gasteiger partial charge in [0.15, 0.2) is 0 Å². The second-order valence-corrected chi connectivity index (χ2v) is 3.05. The Hall–Kier alpha value is -2.10. The maximum Gasteiger partial charge on any atom is 0.144 e. The summed E-state index contributed by atoms with van der Waals surface area (Å²) in [6.45, 7) is 0. The van der Waals surface area contributed by atoms with Crippen molar-refractivity contribution in [1.82, 2.24) is 20.4 Å². The van der Waals surface area contributed by atoms with Gasteiger partial charge in [0.1, 0.15) is 11.9 Å². The number of aromatic amines is 2. The highest BCUT2D eigenvalue weighted by atomic mass is 15.3. The van der Waals surface area contributed by atoms with Crippen molar-refractivity contribution in [3.8, 4) is 11.4 Å². The summed E-state index contributed by atoms with van der Waals surface area (Å²) in [5.41, 5.74) is 1.76. The van der Waals surface area contributed by atoms with Gasteiger partial charge in [-0.05, 0) is 5.39 Å². The van der Waals surface area contributed by atoms with Gasteiger partial charge in [-0.25, -0.2) is 0 Å². The van der Waals surface area contributed by atoms with Crippen molar-refractivity contribution in [2.45, 2.75) is 0 Å². The fourth-order valence-corrected chi connectivity index (χ4v) is 1.57. The number of H-pyrrole nitrogens is 2. The summed E-state index contributed by atoms with van der Waals surface area (Å²) in [7, 11) is 0. The lowest BCUT2D eigenvalue weighted by Crippen LogP contribution is -1.77. The molecule has 14 heavy (non-hydrogen) atoms. The minimum absolute atomic E-state index is 0.784. The number of fused-ring (bicyclic) bond motifs is 1. The van der Waals surface area contributed by atoms with Crippen molar-refractivity contribution in [3.05, 3.63) is 36.7 Å². The Morgan fingerprint density at radius 2 is 2.14 bits per heavy atom. The molecule has 0 aliphatic heterocycles. The summed E-state index contributed by atoms with van der Waals surface area (Å²) in [4.78, 5) is 3.17. The third kappa shape index (κ3) is 0.939. The number of nitrogens with zero attached hydrogens (tertiary/aromatic N) is 2. The first-order valence-electron chi connectivity index (χ1n) is 4.30. The van der Waals surface area contributed by atoms with Crippen molar-refractivity contribution in [3.63, 3.8) is 0 Å². The van der Waals surface area contributed by atoms with Crippen LogP contribution in [0, 0.1) is 6.20 Å². The van der Waals surface area contributed by atoms with Gasteiger partial charge in [-0.15, -0.1) is 5.10 Å². The number of hydrogen-bond acceptors (Lipinski definition) is 2. The molecule has 0 bridgehead atoms. The molecule has 2 heterocycles. The van der Waals surface area contributed by atoms with Gasteiger partial charge in [-0.3, -0.25) is 5.10 Å². The zero-order valence-electron chi connectivity index (χ0n) is 7.28. The van der Waals surface area contributed by atoms with Crippen molar-refractivity contribution in [1.29, 1.82) is 0 Å². The van der Waals surface area contributed by atoms with Crippen LogP contribution in [0.3, 0.4) is 0 Å². The molecule has 1 aromatic carbocycles. The molecule has 0 aliphatic rings. The molecule has 0 aliphatic carbocycles. The fraction of sp³-hybridized carbons (Fsp3) is 0. The summed E-state index contributed by atoms with van der Waals surface area (Å²) in [6.07, 6.45) is 4.74. The van der Waals surface area contributed by atoms with Crippen molar-refractivity contribution >= 4 is 10.8 Å². The van der Waals surface area contributed by atoms with Gasteiger partial charge in [0.2, 0.25) is 0 Å². The standard InChI is InChI=1S/C10H7N4/c1-2-4-8-7(3-1)5-11-10(8)9-6-12-14-13-9/h1-5,11H,(H,12,13,14). The molecule has 0 unspecified atom stereocenters. The number of rotatable bonds is 1. The first-order chi connectivity index (χ1) is 6.95. The van der Waals surface area contributed by atoms with Gasteiger partial charge in [-0.1, -0.05) is 29.5 Å². The van der Waals surface area contributed by atoms with E-state index in [4.69, 9.17) is 0 Å². The summed E-state index contributed by atoms with van der Waals surface area (Å²) in [5.74, 6) is 0. The molecule has 0 spiro atoms. The highest BCUT2D eigenvalue weighted by molar-refractivity contribution is 5.94. The third-order valence-electron chi connectivity index (χ3n) is 2.23. The summed E-state index contributed by atoms with van der Waals surface area (Å²) in [5, 5.41) is 12.4. The quantitative estimate of drug-likeness (QED) is 0.603. The predicted molar refractivity (Wildman–Crippen MR) is 52.5 cm³/mol. The Balaban J connectivity index is 2.33. The Bertz CT molecular complexity index is 550. The molecule has 3 aromatic rings. The van der Waals surface area contributed by atoms with E-state index in [1.54, 1.807) is 0 Å². The molecule has 3 rings (SSSR count). The molecule has 2 N–H and O–H groups in total. The van der Waals surface area contributed by atoms with Crippen LogP contribution in [0.1, 0.15) is 0 Å². The molecule has 4 heteroatoms. The van der Waals surface area contributed by atoms with Gasteiger partial charge in [-0.2, -0.15) is 0 Å². The Labute approximate surface area is 80.0 Å². The van der Waals surface area contributed by atoms with Gasteiger partial charge in [0, 0.05) is 11.6 Å². The van der Waals surface area contributed by atoms with E-state index in [0.717, 1.165) is 16.8 Å². The van der Waals surface area contributed by atoms with Crippen LogP contribution in [-0.2, 0) is 0 Å². The van der Waals surface area contributed by atoms with E-state index >= 15 is 0 Å². The fourth-order valence-electron chi connectivity index (χ4n) is 1.57. The van der Waals surface area contributed by atoms with Crippen molar-refractivity contribution in [2.75, 3.05) is 0 Å². The summed E-state index contributed by atoms with van der Waals surface area (Å²) >= 11 is 0. The Morgan fingerprint density at radius 3 is 3.00 bits per heavy atom. The topological polar surface area (TPSA) is 57.4 Å². The van der Waals surface area contributed by atoms with E-state index in [-0.39, 0.29) is 0 Å². The first kappa shape index (κ1) is 7.32. The van der Waals surface area contributed by atoms with E-state index < -0.39 is 0 Å². The summed E-state index contributed by atoms with van der Waals surface area (Å²) in [6, 6.07) is 8.12. The second-order valence-electron chi connectivity index (χ2n) is 3.05. The maximum absolute atomic E-state index is 3.63. The van der Waals surface area contributed by atoms with E-state index in [1.807, 2.05) is 18.3 Å². The van der Waals surface area contributed by atoms with Gasteiger partial charge < -0.3 is 4.98 Å². The van der Waals surface area contributed by atoms with Crippen LogP contribution < -0.4 is 0 Å². The predicted octanol–water partition coefficient (Wildman–Crippen LogP) is 1.75. The zero-order chi connectivity index (χ0) is 9.38. The number of benzene rings is 1. The molecule has 4 nitrogen and oxygen atoms in total. The van der Waals surface area contributed by atoms with E-state index in [9.17, 15) is 0 Å². The van der Waals surface area contributed by atoms with Crippen LogP contribution in [0.15, 0.2) is 30.5 Å². The molecule has 67 valence electrons. The van der Waals surface area contributed by atoms with Crippen LogP contribution in [0.2, 0.25) is 0 Å². The molecule has 0 fully saturated rings. The molecular weight excluding hydrogens is 176 g/mol. The molecule has 2 aromatic heterocycles. The lowest BCUT2D eigenvalue weighted by atomic mass is 10.1. The Morgan fingerprint density at radius 1 is 1.21 bits per heavy atom. The monoisotopic (exact) mass is 183 g/mol. The zero-order valence-corrected chi connectivity index (χ0v) is 7.28. The largest absolute Gasteiger partial charge is 0.359 e.